The van der Waals surface area contributed by atoms with Gasteiger partial charge in [0.15, 0.2) is 5.82 Å². The Labute approximate surface area is 311 Å². The fraction of sp³-hybridized carbons (Fsp3) is 0.0800. The molecule has 0 saturated carbocycles. The number of aromatic nitrogens is 2. The molecule has 1 aliphatic heterocycles. The largest absolute Gasteiger partial charge is 0.438 e. The molecule has 0 saturated heterocycles. The molecule has 0 fully saturated rings. The Kier molecular flexibility index (Phi) is 8.05. The minimum Gasteiger partial charge on any atom is -0.438 e. The summed E-state index contributed by atoms with van der Waals surface area (Å²) < 4.78 is 6.45. The van der Waals surface area contributed by atoms with Gasteiger partial charge in [-0.3, -0.25) is 0 Å². The van der Waals surface area contributed by atoms with E-state index in [2.05, 4.69) is 178 Å². The van der Waals surface area contributed by atoms with Crippen LogP contribution < -0.4 is 4.74 Å². The average Bonchev–Trinajstić information content (AvgIpc) is 3.21. The molecule has 8 aromatic rings. The molecule has 1 aromatic heterocycles. The summed E-state index contributed by atoms with van der Waals surface area (Å²) in [5, 5.41) is 0. The Morgan fingerprint density at radius 1 is 0.453 bits per heavy atom. The Balaban J connectivity index is 1.34. The molecule has 0 N–H and O–H groups in total. The van der Waals surface area contributed by atoms with E-state index >= 15 is 0 Å². The predicted molar refractivity (Wildman–Crippen MR) is 218 cm³/mol. The fourth-order valence-corrected chi connectivity index (χ4v) is 7.81. The third-order valence-electron chi connectivity index (χ3n) is 10.6. The highest BCUT2D eigenvalue weighted by molar-refractivity contribution is 6.07. The van der Waals surface area contributed by atoms with E-state index in [9.17, 15) is 0 Å². The SMILES string of the molecule is Cc1ccc(-c2c(-c3ccccc3)cc(-c3ccccc3)c(-c3ccccc3)c2-c2ccccc2)cc1-c1ncc2c(n1)Oc1ccccc1C2(C)C. The van der Waals surface area contributed by atoms with Gasteiger partial charge in [0, 0.05) is 28.3 Å². The Bertz CT molecular complexity index is 2600. The van der Waals surface area contributed by atoms with E-state index < -0.39 is 0 Å². The number of nitrogens with zero attached hydrogens (tertiary/aromatic N) is 2. The lowest BCUT2D eigenvalue weighted by Gasteiger charge is -2.33. The molecule has 9 rings (SSSR count). The maximum absolute atomic E-state index is 6.45. The quantitative estimate of drug-likeness (QED) is 0.175. The van der Waals surface area contributed by atoms with Gasteiger partial charge in [0.05, 0.1) is 0 Å². The van der Waals surface area contributed by atoms with E-state index in [1.165, 1.54) is 22.3 Å². The molecular formula is C50H38N2O. The van der Waals surface area contributed by atoms with Crippen LogP contribution in [0.2, 0.25) is 0 Å². The van der Waals surface area contributed by atoms with Gasteiger partial charge >= 0.3 is 0 Å². The van der Waals surface area contributed by atoms with Gasteiger partial charge in [-0.05, 0) is 86.3 Å². The number of aryl methyl sites for hydroxylation is 1. The van der Waals surface area contributed by atoms with Crippen molar-refractivity contribution in [1.82, 2.24) is 9.97 Å². The number of hydrogen-bond acceptors (Lipinski definition) is 3. The molecular weight excluding hydrogens is 645 g/mol. The van der Waals surface area contributed by atoms with Crippen LogP contribution in [0.4, 0.5) is 0 Å². The molecule has 0 amide bonds. The van der Waals surface area contributed by atoms with E-state index in [1.807, 2.05) is 18.3 Å². The van der Waals surface area contributed by atoms with Gasteiger partial charge in [0.2, 0.25) is 5.88 Å². The zero-order valence-electron chi connectivity index (χ0n) is 30.0. The van der Waals surface area contributed by atoms with Gasteiger partial charge in [-0.25, -0.2) is 4.98 Å². The highest BCUT2D eigenvalue weighted by Crippen LogP contribution is 2.51. The number of benzene rings is 7. The summed E-state index contributed by atoms with van der Waals surface area (Å²) in [7, 11) is 0. The minimum absolute atomic E-state index is 0.289. The van der Waals surface area contributed by atoms with Crippen molar-refractivity contribution in [1.29, 1.82) is 0 Å². The number of rotatable bonds is 6. The third kappa shape index (κ3) is 5.71. The standard InChI is InChI=1S/C50H38N2O/c1-33-28-29-38(30-39(33)48-51-32-43-49(52-48)53-44-27-17-16-26-42(44)50(43,2)3)46-41(35-20-10-5-11-21-35)31-40(34-18-8-4-9-19-34)45(36-22-12-6-13-23-36)47(46)37-24-14-7-15-25-37/h4-32H,1-3H3. The lowest BCUT2D eigenvalue weighted by molar-refractivity contribution is 0.400. The average molecular weight is 683 g/mol. The first-order valence-corrected chi connectivity index (χ1v) is 18.2. The summed E-state index contributed by atoms with van der Waals surface area (Å²) in [4.78, 5) is 10.1. The van der Waals surface area contributed by atoms with E-state index in [0.29, 0.717) is 11.7 Å². The van der Waals surface area contributed by atoms with Crippen LogP contribution in [0.15, 0.2) is 176 Å². The van der Waals surface area contributed by atoms with Crippen molar-refractivity contribution in [2.45, 2.75) is 26.2 Å². The van der Waals surface area contributed by atoms with E-state index in [-0.39, 0.29) is 5.41 Å². The highest BCUT2D eigenvalue weighted by atomic mass is 16.5. The molecule has 3 nitrogen and oxygen atoms in total. The number of para-hydroxylation sites is 1. The molecule has 0 unspecified atom stereocenters. The summed E-state index contributed by atoms with van der Waals surface area (Å²) in [6.45, 7) is 6.55. The van der Waals surface area contributed by atoms with Crippen molar-refractivity contribution >= 4 is 0 Å². The molecule has 0 radical (unpaired) electrons. The van der Waals surface area contributed by atoms with Crippen LogP contribution in [0.3, 0.4) is 0 Å². The van der Waals surface area contributed by atoms with Crippen LogP contribution in [0.25, 0.3) is 67.0 Å². The van der Waals surface area contributed by atoms with Crippen molar-refractivity contribution in [3.63, 3.8) is 0 Å². The van der Waals surface area contributed by atoms with Crippen LogP contribution in [-0.4, -0.2) is 9.97 Å². The zero-order chi connectivity index (χ0) is 35.9. The maximum atomic E-state index is 6.45. The number of fused-ring (bicyclic) bond motifs is 2. The molecule has 0 atom stereocenters. The van der Waals surface area contributed by atoms with Gasteiger partial charge in [0.25, 0.3) is 0 Å². The van der Waals surface area contributed by atoms with Crippen molar-refractivity contribution in [3.05, 3.63) is 193 Å². The molecule has 7 aromatic carbocycles. The Morgan fingerprint density at radius 3 is 1.57 bits per heavy atom. The topological polar surface area (TPSA) is 35.0 Å². The van der Waals surface area contributed by atoms with Gasteiger partial charge < -0.3 is 4.74 Å². The van der Waals surface area contributed by atoms with Crippen molar-refractivity contribution in [2.75, 3.05) is 0 Å². The molecule has 0 aliphatic carbocycles. The fourth-order valence-electron chi connectivity index (χ4n) is 7.81. The molecule has 0 spiro atoms. The van der Waals surface area contributed by atoms with E-state index in [4.69, 9.17) is 14.7 Å². The molecule has 0 bridgehead atoms. The Morgan fingerprint density at radius 2 is 0.962 bits per heavy atom. The van der Waals surface area contributed by atoms with Gasteiger partial charge in [-0.15, -0.1) is 0 Å². The summed E-state index contributed by atoms with van der Waals surface area (Å²) in [6.07, 6.45) is 1.95. The van der Waals surface area contributed by atoms with Crippen LogP contribution in [-0.2, 0) is 5.41 Å². The summed E-state index contributed by atoms with van der Waals surface area (Å²) in [5.41, 5.74) is 15.5. The molecule has 254 valence electrons. The number of ether oxygens (including phenoxy) is 1. The van der Waals surface area contributed by atoms with Crippen molar-refractivity contribution < 1.29 is 4.74 Å². The second-order valence-corrected chi connectivity index (χ2v) is 14.2. The first kappa shape index (κ1) is 32.3. The van der Waals surface area contributed by atoms with Crippen LogP contribution in [0, 0.1) is 6.92 Å². The first-order chi connectivity index (χ1) is 26.0. The van der Waals surface area contributed by atoms with Gasteiger partial charge in [0.1, 0.15) is 5.75 Å². The molecule has 2 heterocycles. The van der Waals surface area contributed by atoms with E-state index in [0.717, 1.165) is 61.4 Å². The first-order valence-electron chi connectivity index (χ1n) is 18.2. The molecule has 1 aliphatic rings. The predicted octanol–water partition coefficient (Wildman–Crippen LogP) is 13.2. The molecule has 53 heavy (non-hydrogen) atoms. The monoisotopic (exact) mass is 682 g/mol. The van der Waals surface area contributed by atoms with Crippen LogP contribution in [0.5, 0.6) is 11.6 Å². The Hall–Kier alpha value is -6.58. The van der Waals surface area contributed by atoms with Crippen molar-refractivity contribution in [2.24, 2.45) is 0 Å². The van der Waals surface area contributed by atoms with Crippen LogP contribution in [0.1, 0.15) is 30.5 Å². The second kappa shape index (κ2) is 13.2. The van der Waals surface area contributed by atoms with Crippen LogP contribution >= 0.6 is 0 Å². The summed E-state index contributed by atoms with van der Waals surface area (Å²) >= 11 is 0. The summed E-state index contributed by atoms with van der Waals surface area (Å²) in [5.74, 6) is 2.09. The highest BCUT2D eigenvalue weighted by Gasteiger charge is 2.36. The minimum atomic E-state index is -0.289. The second-order valence-electron chi connectivity index (χ2n) is 14.2. The lowest BCUT2D eigenvalue weighted by Crippen LogP contribution is -2.25. The summed E-state index contributed by atoms with van der Waals surface area (Å²) in [6, 6.07) is 60.4. The smallest absolute Gasteiger partial charge is 0.226 e. The maximum Gasteiger partial charge on any atom is 0.226 e. The van der Waals surface area contributed by atoms with E-state index in [1.54, 1.807) is 0 Å². The zero-order valence-corrected chi connectivity index (χ0v) is 30.0. The van der Waals surface area contributed by atoms with Crippen molar-refractivity contribution in [3.8, 4) is 78.7 Å². The normalized spacial score (nSPS) is 12.7. The lowest BCUT2D eigenvalue weighted by atomic mass is 9.77. The third-order valence-corrected chi connectivity index (χ3v) is 10.6. The van der Waals surface area contributed by atoms with Gasteiger partial charge in [-0.2, -0.15) is 4.98 Å². The number of hydrogen-bond donors (Lipinski definition) is 0. The van der Waals surface area contributed by atoms with Gasteiger partial charge in [-0.1, -0.05) is 166 Å². The molecule has 3 heteroatoms.